The lowest BCUT2D eigenvalue weighted by Gasteiger charge is -2.08. The third-order valence-corrected chi connectivity index (χ3v) is 2.31. The van der Waals surface area contributed by atoms with Crippen LogP contribution in [0.4, 0.5) is 0 Å². The zero-order valence-corrected chi connectivity index (χ0v) is 9.54. The van der Waals surface area contributed by atoms with Crippen molar-refractivity contribution in [3.8, 4) is 5.75 Å². The molecule has 1 rings (SSSR count). The number of carbonyl (C=O) groups is 1. The predicted octanol–water partition coefficient (Wildman–Crippen LogP) is 3.33. The van der Waals surface area contributed by atoms with Crippen LogP contribution in [-0.4, -0.2) is 12.9 Å². The topological polar surface area (TPSA) is 26.3 Å². The highest BCUT2D eigenvalue weighted by molar-refractivity contribution is 6.25. The Morgan fingerprint density at radius 3 is 2.87 bits per heavy atom. The van der Waals surface area contributed by atoms with Gasteiger partial charge in [0.25, 0.3) is 0 Å². The SMILES string of the molecule is C/C(=C/Cl)COc1ccc(C)cc1C=O. The standard InChI is InChI=1S/C12H13ClO2/c1-9-3-4-12(11(5-9)7-14)15-8-10(2)6-13/h3-7H,8H2,1-2H3/b10-6-. The molecule has 0 spiro atoms. The third-order valence-electron chi connectivity index (χ3n) is 1.93. The van der Waals surface area contributed by atoms with Crippen LogP contribution in [0, 0.1) is 6.92 Å². The number of aldehydes is 1. The summed E-state index contributed by atoms with van der Waals surface area (Å²) in [7, 11) is 0. The second-order valence-corrected chi connectivity index (χ2v) is 3.62. The van der Waals surface area contributed by atoms with Gasteiger partial charge in [-0.1, -0.05) is 23.2 Å². The molecule has 0 saturated heterocycles. The number of carbonyl (C=O) groups excluding carboxylic acids is 1. The van der Waals surface area contributed by atoms with E-state index in [1.807, 2.05) is 19.9 Å². The first-order valence-electron chi connectivity index (χ1n) is 4.62. The fraction of sp³-hybridized carbons (Fsp3) is 0.250. The van der Waals surface area contributed by atoms with E-state index in [1.54, 1.807) is 12.1 Å². The summed E-state index contributed by atoms with van der Waals surface area (Å²) < 4.78 is 5.45. The summed E-state index contributed by atoms with van der Waals surface area (Å²) in [5, 5.41) is 0. The molecule has 0 aliphatic heterocycles. The minimum absolute atomic E-state index is 0.396. The first-order valence-corrected chi connectivity index (χ1v) is 5.05. The number of benzene rings is 1. The van der Waals surface area contributed by atoms with Gasteiger partial charge in [-0.2, -0.15) is 0 Å². The number of halogens is 1. The molecule has 0 aliphatic rings. The average Bonchev–Trinajstić information content (AvgIpc) is 2.26. The van der Waals surface area contributed by atoms with E-state index in [0.717, 1.165) is 17.4 Å². The summed E-state index contributed by atoms with van der Waals surface area (Å²) in [5.41, 5.74) is 3.98. The molecule has 3 heteroatoms. The van der Waals surface area contributed by atoms with Crippen molar-refractivity contribution in [1.82, 2.24) is 0 Å². The molecule has 0 fully saturated rings. The summed E-state index contributed by atoms with van der Waals surface area (Å²) in [6.07, 6.45) is 0.794. The molecule has 1 aromatic carbocycles. The monoisotopic (exact) mass is 224 g/mol. The van der Waals surface area contributed by atoms with E-state index in [9.17, 15) is 4.79 Å². The van der Waals surface area contributed by atoms with Gasteiger partial charge in [-0.25, -0.2) is 0 Å². The lowest BCUT2D eigenvalue weighted by atomic mass is 10.1. The minimum atomic E-state index is 0.396. The number of hydrogen-bond acceptors (Lipinski definition) is 2. The molecule has 0 N–H and O–H groups in total. The van der Waals surface area contributed by atoms with E-state index < -0.39 is 0 Å². The van der Waals surface area contributed by atoms with Crippen LogP contribution in [0.3, 0.4) is 0 Å². The highest BCUT2D eigenvalue weighted by Gasteiger charge is 2.02. The van der Waals surface area contributed by atoms with Gasteiger partial charge < -0.3 is 4.74 Å². The highest BCUT2D eigenvalue weighted by Crippen LogP contribution is 2.18. The maximum absolute atomic E-state index is 10.8. The van der Waals surface area contributed by atoms with Gasteiger partial charge in [0.2, 0.25) is 0 Å². The summed E-state index contributed by atoms with van der Waals surface area (Å²) >= 11 is 5.51. The van der Waals surface area contributed by atoms with E-state index in [2.05, 4.69) is 0 Å². The van der Waals surface area contributed by atoms with Crippen LogP contribution < -0.4 is 4.74 Å². The Morgan fingerprint density at radius 1 is 1.53 bits per heavy atom. The van der Waals surface area contributed by atoms with Crippen molar-refractivity contribution in [3.05, 3.63) is 40.4 Å². The van der Waals surface area contributed by atoms with Crippen molar-refractivity contribution < 1.29 is 9.53 Å². The highest BCUT2D eigenvalue weighted by atomic mass is 35.5. The van der Waals surface area contributed by atoms with E-state index >= 15 is 0 Å². The zero-order valence-electron chi connectivity index (χ0n) is 8.79. The molecule has 0 bridgehead atoms. The number of aryl methyl sites for hydroxylation is 1. The molecule has 0 radical (unpaired) electrons. The molecular weight excluding hydrogens is 212 g/mol. The van der Waals surface area contributed by atoms with E-state index in [-0.39, 0.29) is 0 Å². The molecule has 0 atom stereocenters. The fourth-order valence-corrected chi connectivity index (χ4v) is 1.18. The second-order valence-electron chi connectivity index (χ2n) is 3.40. The van der Waals surface area contributed by atoms with E-state index in [1.165, 1.54) is 5.54 Å². The van der Waals surface area contributed by atoms with Crippen LogP contribution in [0.15, 0.2) is 29.3 Å². The van der Waals surface area contributed by atoms with Crippen LogP contribution in [-0.2, 0) is 0 Å². The maximum Gasteiger partial charge on any atom is 0.153 e. The Labute approximate surface area is 94.5 Å². The van der Waals surface area contributed by atoms with Crippen molar-refractivity contribution >= 4 is 17.9 Å². The first-order chi connectivity index (χ1) is 7.17. The molecule has 0 saturated carbocycles. The molecule has 0 unspecified atom stereocenters. The molecule has 0 aromatic heterocycles. The van der Waals surface area contributed by atoms with Gasteiger partial charge in [-0.3, -0.25) is 4.79 Å². The van der Waals surface area contributed by atoms with Crippen molar-refractivity contribution in [2.45, 2.75) is 13.8 Å². The molecular formula is C12H13ClO2. The fourth-order valence-electron chi connectivity index (χ4n) is 1.11. The van der Waals surface area contributed by atoms with Gasteiger partial charge in [0.05, 0.1) is 5.56 Å². The molecule has 80 valence electrons. The normalized spacial score (nSPS) is 11.3. The van der Waals surface area contributed by atoms with Crippen LogP contribution in [0.1, 0.15) is 22.8 Å². The Balaban J connectivity index is 2.80. The molecule has 15 heavy (non-hydrogen) atoms. The minimum Gasteiger partial charge on any atom is -0.488 e. The van der Waals surface area contributed by atoms with E-state index in [0.29, 0.717) is 17.9 Å². The van der Waals surface area contributed by atoms with Crippen LogP contribution in [0.2, 0.25) is 0 Å². The van der Waals surface area contributed by atoms with Crippen molar-refractivity contribution in [2.24, 2.45) is 0 Å². The Kier molecular flexibility index (Phi) is 4.37. The van der Waals surface area contributed by atoms with Gasteiger partial charge in [-0.15, -0.1) is 0 Å². The van der Waals surface area contributed by atoms with Crippen LogP contribution >= 0.6 is 11.6 Å². The van der Waals surface area contributed by atoms with Crippen molar-refractivity contribution in [3.63, 3.8) is 0 Å². The van der Waals surface area contributed by atoms with E-state index in [4.69, 9.17) is 16.3 Å². The van der Waals surface area contributed by atoms with Crippen LogP contribution in [0.25, 0.3) is 0 Å². The Morgan fingerprint density at radius 2 is 2.27 bits per heavy atom. The van der Waals surface area contributed by atoms with Gasteiger partial charge in [-0.05, 0) is 31.6 Å². The van der Waals surface area contributed by atoms with Crippen molar-refractivity contribution in [1.29, 1.82) is 0 Å². The maximum atomic E-state index is 10.8. The Hall–Kier alpha value is -1.28. The summed E-state index contributed by atoms with van der Waals surface area (Å²) in [6.45, 7) is 4.19. The molecule has 1 aromatic rings. The summed E-state index contributed by atoms with van der Waals surface area (Å²) in [5.74, 6) is 0.591. The molecule has 0 aliphatic carbocycles. The smallest absolute Gasteiger partial charge is 0.153 e. The van der Waals surface area contributed by atoms with Gasteiger partial charge in [0, 0.05) is 5.54 Å². The first kappa shape index (κ1) is 11.8. The van der Waals surface area contributed by atoms with Crippen molar-refractivity contribution in [2.75, 3.05) is 6.61 Å². The van der Waals surface area contributed by atoms with Gasteiger partial charge in [0.1, 0.15) is 12.4 Å². The Bertz CT molecular complexity index is 383. The second kappa shape index (κ2) is 5.56. The zero-order chi connectivity index (χ0) is 11.3. The summed E-state index contributed by atoms with van der Waals surface area (Å²) in [6, 6.07) is 5.49. The molecule has 0 amide bonds. The number of ether oxygens (including phenoxy) is 1. The number of hydrogen-bond donors (Lipinski definition) is 0. The van der Waals surface area contributed by atoms with Crippen LogP contribution in [0.5, 0.6) is 5.75 Å². The molecule has 0 heterocycles. The number of rotatable bonds is 4. The lowest BCUT2D eigenvalue weighted by Crippen LogP contribution is -2.00. The summed E-state index contributed by atoms with van der Waals surface area (Å²) in [4.78, 5) is 10.8. The average molecular weight is 225 g/mol. The third kappa shape index (κ3) is 3.40. The largest absolute Gasteiger partial charge is 0.488 e. The predicted molar refractivity (Wildman–Crippen MR) is 61.7 cm³/mol. The molecule has 2 nitrogen and oxygen atoms in total. The van der Waals surface area contributed by atoms with Gasteiger partial charge in [0.15, 0.2) is 6.29 Å². The quantitative estimate of drug-likeness (QED) is 0.734. The lowest BCUT2D eigenvalue weighted by molar-refractivity contribution is 0.112. The van der Waals surface area contributed by atoms with Gasteiger partial charge >= 0.3 is 0 Å².